The molecule has 0 bridgehead atoms. The van der Waals surface area contributed by atoms with Gasteiger partial charge in [-0.1, -0.05) is 47.6 Å². The maximum Gasteiger partial charge on any atom is 0.416 e. The number of fused-ring (bicyclic) bond motifs is 3. The molecule has 2 aromatic heterocycles. The van der Waals surface area contributed by atoms with E-state index in [-0.39, 0.29) is 54.6 Å². The summed E-state index contributed by atoms with van der Waals surface area (Å²) >= 11 is 7.52. The fourth-order valence-corrected chi connectivity index (χ4v) is 7.61. The van der Waals surface area contributed by atoms with Crippen LogP contribution in [0.1, 0.15) is 41.5 Å². The van der Waals surface area contributed by atoms with Gasteiger partial charge in [0.1, 0.15) is 23.2 Å². The molecule has 0 fully saturated rings. The lowest BCUT2D eigenvalue weighted by Crippen LogP contribution is -2.57. The molecule has 5 rings (SSSR count). The minimum atomic E-state index is -4.79. The molecule has 3 amide bonds. The van der Waals surface area contributed by atoms with Crippen molar-refractivity contribution in [2.24, 2.45) is 11.5 Å². The molecule has 12 nitrogen and oxygen atoms in total. The first-order chi connectivity index (χ1) is 25.9. The van der Waals surface area contributed by atoms with Gasteiger partial charge in [-0.25, -0.2) is 4.98 Å². The van der Waals surface area contributed by atoms with Gasteiger partial charge in [0.25, 0.3) is 0 Å². The Balaban J connectivity index is 1.62. The van der Waals surface area contributed by atoms with E-state index in [1.165, 1.54) is 18.1 Å². The molecule has 0 aliphatic carbocycles. The van der Waals surface area contributed by atoms with Crippen LogP contribution in [0.15, 0.2) is 70.8 Å². The molecule has 1 aliphatic rings. The van der Waals surface area contributed by atoms with Crippen LogP contribution >= 0.6 is 23.4 Å². The highest BCUT2D eigenvalue weighted by Gasteiger charge is 2.37. The summed E-state index contributed by atoms with van der Waals surface area (Å²) in [6.45, 7) is 0.151. The number of para-hydroxylation sites is 1. The van der Waals surface area contributed by atoms with E-state index in [4.69, 9.17) is 27.8 Å². The summed E-state index contributed by atoms with van der Waals surface area (Å²) in [4.78, 5) is 51.5. The quantitative estimate of drug-likeness (QED) is 0.129. The zero-order chi connectivity index (χ0) is 38.8. The molecule has 1 aliphatic heterocycles. The number of halogens is 4. The van der Waals surface area contributed by atoms with Crippen molar-refractivity contribution >= 4 is 52.0 Å². The number of aromatic amines is 1. The predicted octanol–water partition coefficient (Wildman–Crippen LogP) is 4.13. The van der Waals surface area contributed by atoms with Gasteiger partial charge in [-0.2, -0.15) is 13.2 Å². The van der Waals surface area contributed by atoms with Crippen molar-refractivity contribution in [1.29, 1.82) is 0 Å². The molecule has 0 unspecified atom stereocenters. The van der Waals surface area contributed by atoms with E-state index in [9.17, 15) is 27.6 Å². The second-order valence-electron chi connectivity index (χ2n) is 12.9. The Morgan fingerprint density at radius 2 is 1.80 bits per heavy atom. The van der Waals surface area contributed by atoms with Crippen LogP contribution in [0.25, 0.3) is 10.9 Å². The number of hydrogen-bond donors (Lipinski definition) is 6. The molecule has 4 aromatic rings. The smallest absolute Gasteiger partial charge is 0.378 e. The van der Waals surface area contributed by atoms with E-state index in [1.54, 1.807) is 18.3 Å². The van der Waals surface area contributed by atoms with E-state index in [0.717, 1.165) is 34.8 Å². The highest BCUT2D eigenvalue weighted by Crippen LogP contribution is 2.43. The van der Waals surface area contributed by atoms with Crippen molar-refractivity contribution in [2.45, 2.75) is 73.0 Å². The number of alkyl halides is 3. The zero-order valence-electron chi connectivity index (χ0n) is 29.7. The summed E-state index contributed by atoms with van der Waals surface area (Å²) in [6, 6.07) is 9.60. The summed E-state index contributed by atoms with van der Waals surface area (Å²) in [7, 11) is 1.45. The second-order valence-corrected chi connectivity index (χ2v) is 14.3. The van der Waals surface area contributed by atoms with Crippen LogP contribution in [0.5, 0.6) is 0 Å². The van der Waals surface area contributed by atoms with Gasteiger partial charge in [-0.05, 0) is 66.8 Å². The molecule has 0 saturated carbocycles. The monoisotopic (exact) mass is 788 g/mol. The van der Waals surface area contributed by atoms with Crippen LogP contribution in [0.4, 0.5) is 13.2 Å². The molecular weight excluding hydrogens is 745 g/mol. The predicted molar refractivity (Wildman–Crippen MR) is 201 cm³/mol. The standard InChI is InChI=1S/C37H44ClF3N8O4S/c1-49-31(17-23-19-45-28-9-3-2-8-24(23)28)34(51)47-20-25-26(37(39,40)41)11-12-27(38)32(25)54-35-22(7-6-15-44-35)18-46-30(21-53-16-14-43)33(50)48-29(36(49)52)10-4-5-13-42/h2-3,6-9,11-12,15,19,29-31,45-46H,4-5,10,13-14,16-18,20-21,42-43H2,1H3,(H,47,51)(H,48,50)/t29-,30-,31-/m0/s1. The van der Waals surface area contributed by atoms with Gasteiger partial charge in [0.05, 0.1) is 23.8 Å². The maximum absolute atomic E-state index is 14.6. The van der Waals surface area contributed by atoms with Gasteiger partial charge in [0, 0.05) is 61.3 Å². The van der Waals surface area contributed by atoms with Crippen molar-refractivity contribution in [2.75, 3.05) is 33.4 Å². The van der Waals surface area contributed by atoms with Gasteiger partial charge < -0.3 is 36.7 Å². The van der Waals surface area contributed by atoms with Gasteiger partial charge in [-0.15, -0.1) is 0 Å². The Labute approximate surface area is 320 Å². The minimum Gasteiger partial charge on any atom is -0.378 e. The summed E-state index contributed by atoms with van der Waals surface area (Å²) in [5.41, 5.74) is 12.2. The highest BCUT2D eigenvalue weighted by atomic mass is 35.5. The molecule has 54 heavy (non-hydrogen) atoms. The number of H-pyrrole nitrogens is 1. The Bertz CT molecular complexity index is 1930. The lowest BCUT2D eigenvalue weighted by atomic mass is 10.0. The summed E-state index contributed by atoms with van der Waals surface area (Å²) in [5.74, 6) is -1.80. The number of amides is 3. The molecule has 8 N–H and O–H groups in total. The number of aromatic nitrogens is 2. The van der Waals surface area contributed by atoms with Crippen molar-refractivity contribution in [1.82, 2.24) is 30.8 Å². The van der Waals surface area contributed by atoms with Gasteiger partial charge in [0.15, 0.2) is 0 Å². The number of unbranched alkanes of at least 4 members (excludes halogenated alkanes) is 1. The number of carbonyl (C=O) groups excluding carboxylic acids is 3. The summed E-state index contributed by atoms with van der Waals surface area (Å²) in [6.07, 6.45) is -0.259. The van der Waals surface area contributed by atoms with Crippen molar-refractivity contribution in [3.8, 4) is 0 Å². The fourth-order valence-electron chi connectivity index (χ4n) is 6.27. The number of ether oxygens (including phenoxy) is 1. The fraction of sp³-hybridized carbons (Fsp3) is 0.405. The average Bonchev–Trinajstić information content (AvgIpc) is 3.56. The Kier molecular flexibility index (Phi) is 14.4. The number of benzene rings is 2. The van der Waals surface area contributed by atoms with E-state index in [2.05, 4.69) is 25.9 Å². The molecule has 17 heteroatoms. The van der Waals surface area contributed by atoms with Crippen LogP contribution in [0, 0.1) is 0 Å². The van der Waals surface area contributed by atoms with Crippen LogP contribution < -0.4 is 27.4 Å². The van der Waals surface area contributed by atoms with Crippen LogP contribution in [-0.4, -0.2) is 84.1 Å². The third-order valence-electron chi connectivity index (χ3n) is 9.18. The number of nitrogens with two attached hydrogens (primary N) is 2. The zero-order valence-corrected chi connectivity index (χ0v) is 31.3. The molecule has 0 radical (unpaired) electrons. The van der Waals surface area contributed by atoms with Crippen molar-refractivity contribution in [3.05, 3.63) is 88.2 Å². The topological polar surface area (TPSA) is 180 Å². The molecule has 290 valence electrons. The number of nitrogens with one attached hydrogen (secondary N) is 4. The van der Waals surface area contributed by atoms with Gasteiger partial charge >= 0.3 is 6.18 Å². The second kappa shape index (κ2) is 18.9. The van der Waals surface area contributed by atoms with Crippen molar-refractivity contribution < 1.29 is 32.3 Å². The molecule has 3 atom stereocenters. The number of carbonyl (C=O) groups is 3. The van der Waals surface area contributed by atoms with Crippen LogP contribution in [0.2, 0.25) is 5.02 Å². The summed E-state index contributed by atoms with van der Waals surface area (Å²) in [5, 5.41) is 9.90. The highest BCUT2D eigenvalue weighted by molar-refractivity contribution is 7.99. The van der Waals surface area contributed by atoms with E-state index in [0.29, 0.717) is 35.5 Å². The Morgan fingerprint density at radius 3 is 2.56 bits per heavy atom. The lowest BCUT2D eigenvalue weighted by molar-refractivity contribution is -0.142. The van der Waals surface area contributed by atoms with Crippen molar-refractivity contribution in [3.63, 3.8) is 0 Å². The largest absolute Gasteiger partial charge is 0.416 e. The maximum atomic E-state index is 14.6. The first-order valence-corrected chi connectivity index (χ1v) is 18.7. The SMILES string of the molecule is CN1C(=O)[C@H](CCCCN)NC(=O)[C@H](COCCN)NCc2cccnc2Sc2c(Cl)ccc(C(F)(F)F)c2CNC(=O)[C@@H]1Cc1c[nH]c2ccccc12. The first-order valence-electron chi connectivity index (χ1n) is 17.5. The molecule has 2 aromatic carbocycles. The molecule has 0 saturated heterocycles. The van der Waals surface area contributed by atoms with E-state index in [1.807, 2.05) is 24.3 Å². The number of nitrogens with zero attached hydrogens (tertiary/aromatic N) is 2. The molecule has 0 spiro atoms. The number of hydrogen-bond acceptors (Lipinski definition) is 9. The Hall–Kier alpha value is -4.19. The molecule has 3 heterocycles. The van der Waals surface area contributed by atoms with E-state index < -0.39 is 54.1 Å². The third kappa shape index (κ3) is 10.1. The van der Waals surface area contributed by atoms with Crippen LogP contribution in [0.3, 0.4) is 0 Å². The average molecular weight is 789 g/mol. The number of likely N-dealkylation sites (N-methyl/N-ethyl adjacent to an activating group) is 1. The summed E-state index contributed by atoms with van der Waals surface area (Å²) < 4.78 is 49.4. The van der Waals surface area contributed by atoms with E-state index >= 15 is 0 Å². The first kappa shape index (κ1) is 41.0. The number of rotatable bonds is 10. The third-order valence-corrected chi connectivity index (χ3v) is 10.8. The van der Waals surface area contributed by atoms with Crippen LogP contribution in [-0.2, 0) is 44.8 Å². The van der Waals surface area contributed by atoms with Gasteiger partial charge in [0.2, 0.25) is 17.7 Å². The lowest BCUT2D eigenvalue weighted by Gasteiger charge is -2.32. The Morgan fingerprint density at radius 1 is 1.00 bits per heavy atom. The normalized spacial score (nSPS) is 19.2. The van der Waals surface area contributed by atoms with Gasteiger partial charge in [-0.3, -0.25) is 19.7 Å². The minimum absolute atomic E-state index is 0.0131. The molecular formula is C37H44ClF3N8O4S. The number of pyridine rings is 1.